The maximum Gasteiger partial charge on any atom is 0.272 e. The normalized spacial score (nSPS) is 15.6. The number of aromatic nitrogens is 1. The number of hydrogen-bond acceptors (Lipinski definition) is 4. The van der Waals surface area contributed by atoms with Gasteiger partial charge in [-0.25, -0.2) is 8.42 Å². The van der Waals surface area contributed by atoms with Crippen LogP contribution in [0.15, 0.2) is 77.8 Å². The van der Waals surface area contributed by atoms with Gasteiger partial charge in [0.1, 0.15) is 5.69 Å². The van der Waals surface area contributed by atoms with Gasteiger partial charge in [0.05, 0.1) is 4.90 Å². The van der Waals surface area contributed by atoms with E-state index in [1.165, 1.54) is 10.4 Å². The first-order valence-corrected chi connectivity index (χ1v) is 11.7. The standard InChI is InChI=1S/C23H26N4O3S/c1-25-13-15-27(16-14-25)31(29,30)21-10-5-9-20(17-21)24-23(28)22-11-6-12-26(22)18-19-7-3-2-4-8-19/h2-12,17H,13-16,18H2,1H3,(H,24,28). The van der Waals surface area contributed by atoms with Crippen LogP contribution in [-0.2, 0) is 16.6 Å². The number of nitrogens with zero attached hydrogens (tertiary/aromatic N) is 3. The van der Waals surface area contributed by atoms with Crippen molar-refractivity contribution in [3.63, 3.8) is 0 Å². The van der Waals surface area contributed by atoms with Gasteiger partial charge in [-0.1, -0.05) is 36.4 Å². The molecule has 1 aliphatic rings. The lowest BCUT2D eigenvalue weighted by molar-refractivity contribution is 0.101. The lowest BCUT2D eigenvalue weighted by Crippen LogP contribution is -2.47. The molecule has 1 fully saturated rings. The summed E-state index contributed by atoms with van der Waals surface area (Å²) < 4.78 is 29.4. The molecule has 2 heterocycles. The summed E-state index contributed by atoms with van der Waals surface area (Å²) in [5.41, 5.74) is 2.05. The number of nitrogens with one attached hydrogen (secondary N) is 1. The largest absolute Gasteiger partial charge is 0.339 e. The van der Waals surface area contributed by atoms with E-state index in [4.69, 9.17) is 0 Å². The molecule has 0 bridgehead atoms. The fourth-order valence-electron chi connectivity index (χ4n) is 3.65. The molecule has 0 atom stereocenters. The summed E-state index contributed by atoms with van der Waals surface area (Å²) in [6, 6.07) is 19.9. The van der Waals surface area contributed by atoms with Crippen LogP contribution in [0.1, 0.15) is 16.1 Å². The van der Waals surface area contributed by atoms with Crippen LogP contribution in [0.3, 0.4) is 0 Å². The van der Waals surface area contributed by atoms with Gasteiger partial charge in [0, 0.05) is 44.6 Å². The molecule has 1 N–H and O–H groups in total. The third-order valence-corrected chi connectivity index (χ3v) is 7.34. The van der Waals surface area contributed by atoms with Crippen molar-refractivity contribution in [3.8, 4) is 0 Å². The summed E-state index contributed by atoms with van der Waals surface area (Å²) >= 11 is 0. The molecule has 162 valence electrons. The molecule has 0 spiro atoms. The number of sulfonamides is 1. The first-order chi connectivity index (χ1) is 14.9. The second-order valence-electron chi connectivity index (χ2n) is 7.70. The van der Waals surface area contributed by atoms with Crippen LogP contribution in [-0.4, -0.2) is 61.3 Å². The number of carbonyl (C=O) groups is 1. The number of likely N-dealkylation sites (N-methyl/N-ethyl adjacent to an activating group) is 1. The summed E-state index contributed by atoms with van der Waals surface area (Å²) in [7, 11) is -1.62. The van der Waals surface area contributed by atoms with Gasteiger partial charge in [-0.2, -0.15) is 4.31 Å². The highest BCUT2D eigenvalue weighted by Crippen LogP contribution is 2.21. The third kappa shape index (κ3) is 4.87. The van der Waals surface area contributed by atoms with Gasteiger partial charge >= 0.3 is 0 Å². The zero-order valence-corrected chi connectivity index (χ0v) is 18.3. The Kier molecular flexibility index (Phi) is 6.22. The van der Waals surface area contributed by atoms with Crippen molar-refractivity contribution in [2.75, 3.05) is 38.5 Å². The van der Waals surface area contributed by atoms with Gasteiger partial charge in [-0.15, -0.1) is 0 Å². The summed E-state index contributed by atoms with van der Waals surface area (Å²) in [5, 5.41) is 2.84. The molecule has 2 aromatic carbocycles. The quantitative estimate of drug-likeness (QED) is 0.642. The predicted octanol–water partition coefficient (Wildman–Crippen LogP) is 2.72. The van der Waals surface area contributed by atoms with Crippen molar-refractivity contribution >= 4 is 21.6 Å². The number of anilines is 1. The second-order valence-corrected chi connectivity index (χ2v) is 9.63. The van der Waals surface area contributed by atoms with Crippen molar-refractivity contribution in [3.05, 3.63) is 84.2 Å². The number of carbonyl (C=O) groups excluding carboxylic acids is 1. The molecule has 8 heteroatoms. The Balaban J connectivity index is 1.50. The van der Waals surface area contributed by atoms with Crippen molar-refractivity contribution in [1.29, 1.82) is 0 Å². The maximum atomic E-state index is 13.0. The van der Waals surface area contributed by atoms with Crippen molar-refractivity contribution in [1.82, 2.24) is 13.8 Å². The number of benzene rings is 2. The van der Waals surface area contributed by atoms with E-state index in [9.17, 15) is 13.2 Å². The minimum atomic E-state index is -3.60. The minimum absolute atomic E-state index is 0.189. The Morgan fingerprint density at radius 2 is 1.68 bits per heavy atom. The van der Waals surface area contributed by atoms with E-state index in [-0.39, 0.29) is 10.8 Å². The number of hydrogen-bond donors (Lipinski definition) is 1. The Hall–Kier alpha value is -2.94. The lowest BCUT2D eigenvalue weighted by Gasteiger charge is -2.31. The van der Waals surface area contributed by atoms with Crippen LogP contribution in [0.5, 0.6) is 0 Å². The average Bonchev–Trinajstić information content (AvgIpc) is 3.23. The number of piperazine rings is 1. The van der Waals surface area contributed by atoms with Crippen LogP contribution < -0.4 is 5.32 Å². The monoisotopic (exact) mass is 438 g/mol. The Morgan fingerprint density at radius 3 is 2.42 bits per heavy atom. The molecular weight excluding hydrogens is 412 g/mol. The van der Waals surface area contributed by atoms with Gasteiger partial charge in [0.2, 0.25) is 10.0 Å². The molecule has 0 radical (unpaired) electrons. The van der Waals surface area contributed by atoms with Gasteiger partial charge in [0.15, 0.2) is 0 Å². The average molecular weight is 439 g/mol. The third-order valence-electron chi connectivity index (χ3n) is 5.45. The van der Waals surface area contributed by atoms with Crippen LogP contribution in [0, 0.1) is 0 Å². The highest BCUT2D eigenvalue weighted by Gasteiger charge is 2.27. The molecular formula is C23H26N4O3S. The summed E-state index contributed by atoms with van der Waals surface area (Å²) in [5.74, 6) is -0.282. The van der Waals surface area contributed by atoms with E-state index in [1.54, 1.807) is 24.3 Å². The molecule has 31 heavy (non-hydrogen) atoms. The van der Waals surface area contributed by atoms with Gasteiger partial charge < -0.3 is 14.8 Å². The van der Waals surface area contributed by atoms with Gasteiger partial charge in [-0.3, -0.25) is 4.79 Å². The van der Waals surface area contributed by atoms with Gasteiger partial charge in [0.25, 0.3) is 5.91 Å². The van der Waals surface area contributed by atoms with Crippen LogP contribution in [0.4, 0.5) is 5.69 Å². The second kappa shape index (κ2) is 9.05. The van der Waals surface area contributed by atoms with Crippen LogP contribution in [0.25, 0.3) is 0 Å². The number of amides is 1. The van der Waals surface area contributed by atoms with E-state index in [0.29, 0.717) is 44.1 Å². The van der Waals surface area contributed by atoms with Crippen molar-refractivity contribution in [2.45, 2.75) is 11.4 Å². The zero-order valence-electron chi connectivity index (χ0n) is 17.4. The summed E-state index contributed by atoms with van der Waals surface area (Å²) in [6.45, 7) is 2.90. The van der Waals surface area contributed by atoms with E-state index in [0.717, 1.165) is 5.56 Å². The topological polar surface area (TPSA) is 74.7 Å². The van der Waals surface area contributed by atoms with Crippen LogP contribution >= 0.6 is 0 Å². The lowest BCUT2D eigenvalue weighted by atomic mass is 10.2. The molecule has 1 saturated heterocycles. The van der Waals surface area contributed by atoms with Crippen LogP contribution in [0.2, 0.25) is 0 Å². The highest BCUT2D eigenvalue weighted by molar-refractivity contribution is 7.89. The van der Waals surface area contributed by atoms with Crippen molar-refractivity contribution in [2.24, 2.45) is 0 Å². The SMILES string of the molecule is CN1CCN(S(=O)(=O)c2cccc(NC(=O)c3cccn3Cc3ccccc3)c2)CC1. The van der Waals surface area contributed by atoms with E-state index < -0.39 is 10.0 Å². The van der Waals surface area contributed by atoms with Gasteiger partial charge in [-0.05, 0) is 42.9 Å². The number of rotatable bonds is 6. The molecule has 3 aromatic rings. The molecule has 0 saturated carbocycles. The molecule has 1 aliphatic heterocycles. The molecule has 0 aliphatic carbocycles. The molecule has 1 amide bonds. The first kappa shape index (κ1) is 21.3. The highest BCUT2D eigenvalue weighted by atomic mass is 32.2. The van der Waals surface area contributed by atoms with E-state index >= 15 is 0 Å². The Morgan fingerprint density at radius 1 is 0.935 bits per heavy atom. The molecule has 4 rings (SSSR count). The fourth-order valence-corrected chi connectivity index (χ4v) is 5.11. The predicted molar refractivity (Wildman–Crippen MR) is 121 cm³/mol. The van der Waals surface area contributed by atoms with E-state index in [1.807, 2.05) is 54.2 Å². The summed E-state index contributed by atoms with van der Waals surface area (Å²) in [6.07, 6.45) is 1.86. The molecule has 1 aromatic heterocycles. The smallest absolute Gasteiger partial charge is 0.272 e. The molecule has 0 unspecified atom stereocenters. The minimum Gasteiger partial charge on any atom is -0.339 e. The zero-order chi connectivity index (χ0) is 21.8. The van der Waals surface area contributed by atoms with Crippen molar-refractivity contribution < 1.29 is 13.2 Å². The Bertz CT molecular complexity index is 1150. The molecule has 7 nitrogen and oxygen atoms in total. The summed E-state index contributed by atoms with van der Waals surface area (Å²) in [4.78, 5) is 15.2. The van der Waals surface area contributed by atoms with E-state index in [2.05, 4.69) is 10.2 Å². The Labute approximate surface area is 183 Å². The maximum absolute atomic E-state index is 13.0. The first-order valence-electron chi connectivity index (χ1n) is 10.2. The fraction of sp³-hybridized carbons (Fsp3) is 0.261.